The van der Waals surface area contributed by atoms with Crippen LogP contribution in [0.4, 0.5) is 0 Å². The topological polar surface area (TPSA) is 0 Å². The van der Waals surface area contributed by atoms with Crippen LogP contribution in [0.1, 0.15) is 46.5 Å². The fourth-order valence-corrected chi connectivity index (χ4v) is 3.23. The van der Waals surface area contributed by atoms with Gasteiger partial charge in [-0.1, -0.05) is 52.3 Å². The Morgan fingerprint density at radius 1 is 1.47 bits per heavy atom. The van der Waals surface area contributed by atoms with Crippen LogP contribution in [-0.2, 0) is 0 Å². The molecule has 2 aliphatic rings. The van der Waals surface area contributed by atoms with Gasteiger partial charge in [-0.25, -0.2) is 0 Å². The SMILES string of the molecule is C=C1C=CC2CC12CC(C)C(C)CCC. The Labute approximate surface area is 94.5 Å². The van der Waals surface area contributed by atoms with Gasteiger partial charge in [0, 0.05) is 5.41 Å². The van der Waals surface area contributed by atoms with E-state index in [4.69, 9.17) is 0 Å². The van der Waals surface area contributed by atoms with Crippen LogP contribution < -0.4 is 0 Å². The second-order valence-electron chi connectivity index (χ2n) is 5.80. The van der Waals surface area contributed by atoms with Crippen molar-refractivity contribution in [1.82, 2.24) is 0 Å². The lowest BCUT2D eigenvalue weighted by Crippen LogP contribution is -2.15. The van der Waals surface area contributed by atoms with Gasteiger partial charge in [0.15, 0.2) is 0 Å². The van der Waals surface area contributed by atoms with Crippen LogP contribution in [0.2, 0.25) is 0 Å². The summed E-state index contributed by atoms with van der Waals surface area (Å²) in [6.07, 6.45) is 10.1. The molecule has 4 atom stereocenters. The lowest BCUT2D eigenvalue weighted by Gasteiger charge is -2.24. The van der Waals surface area contributed by atoms with Crippen molar-refractivity contribution in [1.29, 1.82) is 0 Å². The van der Waals surface area contributed by atoms with Gasteiger partial charge in [-0.2, -0.15) is 0 Å². The molecule has 0 aromatic heterocycles. The normalized spacial score (nSPS) is 36.5. The van der Waals surface area contributed by atoms with E-state index in [2.05, 4.69) is 39.5 Å². The standard InChI is InChI=1S/C15H24/c1-5-6-11(2)12(3)9-15-10-14(15)8-7-13(15)4/h7-8,11-12,14H,4-6,9-10H2,1-3H3. The average molecular weight is 204 g/mol. The van der Waals surface area contributed by atoms with E-state index in [0.29, 0.717) is 5.41 Å². The summed E-state index contributed by atoms with van der Waals surface area (Å²) in [5.74, 6) is 2.58. The first-order chi connectivity index (χ1) is 7.10. The van der Waals surface area contributed by atoms with Crippen LogP contribution in [0.15, 0.2) is 24.3 Å². The summed E-state index contributed by atoms with van der Waals surface area (Å²) >= 11 is 0. The molecule has 1 saturated carbocycles. The molecule has 0 radical (unpaired) electrons. The molecule has 0 saturated heterocycles. The maximum absolute atomic E-state index is 4.22. The molecule has 0 heterocycles. The average Bonchev–Trinajstić information content (AvgIpc) is 2.82. The Hall–Kier alpha value is -0.520. The highest BCUT2D eigenvalue weighted by atomic mass is 14.6. The predicted octanol–water partition coefficient (Wildman–Crippen LogP) is 4.58. The molecule has 2 rings (SSSR count). The fraction of sp³-hybridized carbons (Fsp3) is 0.733. The lowest BCUT2D eigenvalue weighted by molar-refractivity contribution is 0.295. The quantitative estimate of drug-likeness (QED) is 0.615. The molecule has 0 N–H and O–H groups in total. The lowest BCUT2D eigenvalue weighted by atomic mass is 9.80. The van der Waals surface area contributed by atoms with Crippen molar-refractivity contribution >= 4 is 0 Å². The van der Waals surface area contributed by atoms with Gasteiger partial charge in [0.1, 0.15) is 0 Å². The third-order valence-corrected chi connectivity index (χ3v) is 4.70. The molecule has 0 aliphatic heterocycles. The highest BCUT2D eigenvalue weighted by Crippen LogP contribution is 2.66. The molecule has 0 amide bonds. The van der Waals surface area contributed by atoms with Gasteiger partial charge < -0.3 is 0 Å². The van der Waals surface area contributed by atoms with Gasteiger partial charge in [0.2, 0.25) is 0 Å². The van der Waals surface area contributed by atoms with Crippen LogP contribution in [0, 0.1) is 23.2 Å². The van der Waals surface area contributed by atoms with Crippen molar-refractivity contribution in [2.24, 2.45) is 23.2 Å². The van der Waals surface area contributed by atoms with Gasteiger partial charge in [-0.3, -0.25) is 0 Å². The van der Waals surface area contributed by atoms with E-state index in [1.807, 2.05) is 0 Å². The number of hydrogen-bond acceptors (Lipinski definition) is 0. The second kappa shape index (κ2) is 3.81. The molecule has 15 heavy (non-hydrogen) atoms. The zero-order valence-corrected chi connectivity index (χ0v) is 10.4. The van der Waals surface area contributed by atoms with E-state index in [9.17, 15) is 0 Å². The number of rotatable bonds is 5. The molecule has 0 bridgehead atoms. The van der Waals surface area contributed by atoms with Crippen LogP contribution in [0.5, 0.6) is 0 Å². The summed E-state index contributed by atoms with van der Waals surface area (Å²) < 4.78 is 0. The molecule has 0 nitrogen and oxygen atoms in total. The molecule has 0 aromatic carbocycles. The summed E-state index contributed by atoms with van der Waals surface area (Å²) in [5.41, 5.74) is 1.92. The first kappa shape index (κ1) is 11.0. The van der Waals surface area contributed by atoms with Crippen molar-refractivity contribution in [2.75, 3.05) is 0 Å². The van der Waals surface area contributed by atoms with Crippen LogP contribution in [0.25, 0.3) is 0 Å². The number of hydrogen-bond donors (Lipinski definition) is 0. The molecule has 0 spiro atoms. The predicted molar refractivity (Wildman–Crippen MR) is 66.7 cm³/mol. The summed E-state index contributed by atoms with van der Waals surface area (Å²) in [6, 6.07) is 0. The Balaban J connectivity index is 1.90. The minimum Gasteiger partial charge on any atom is -0.0953 e. The molecule has 2 aliphatic carbocycles. The highest BCUT2D eigenvalue weighted by molar-refractivity contribution is 5.42. The zero-order valence-electron chi connectivity index (χ0n) is 10.4. The Bertz CT molecular complexity index is 286. The van der Waals surface area contributed by atoms with Crippen molar-refractivity contribution in [3.63, 3.8) is 0 Å². The largest absolute Gasteiger partial charge is 0.0953 e. The van der Waals surface area contributed by atoms with E-state index in [1.54, 1.807) is 0 Å². The van der Waals surface area contributed by atoms with Crippen molar-refractivity contribution in [3.8, 4) is 0 Å². The Morgan fingerprint density at radius 3 is 2.67 bits per heavy atom. The maximum Gasteiger partial charge on any atom is 0.00187 e. The molecular weight excluding hydrogens is 180 g/mol. The van der Waals surface area contributed by atoms with Crippen LogP contribution in [0.3, 0.4) is 0 Å². The van der Waals surface area contributed by atoms with Crippen LogP contribution >= 0.6 is 0 Å². The second-order valence-corrected chi connectivity index (χ2v) is 5.80. The fourth-order valence-electron chi connectivity index (χ4n) is 3.23. The van der Waals surface area contributed by atoms with E-state index < -0.39 is 0 Å². The molecule has 84 valence electrons. The summed E-state index contributed by atoms with van der Waals surface area (Å²) in [4.78, 5) is 0. The minimum absolute atomic E-state index is 0.515. The van der Waals surface area contributed by atoms with Crippen molar-refractivity contribution in [3.05, 3.63) is 24.3 Å². The molecular formula is C15H24. The summed E-state index contributed by atoms with van der Waals surface area (Å²) in [5, 5.41) is 0. The molecule has 1 fully saturated rings. The molecule has 4 unspecified atom stereocenters. The third-order valence-electron chi connectivity index (χ3n) is 4.70. The van der Waals surface area contributed by atoms with E-state index in [1.165, 1.54) is 31.3 Å². The summed E-state index contributed by atoms with van der Waals surface area (Å²) in [6.45, 7) is 11.3. The van der Waals surface area contributed by atoms with Gasteiger partial charge >= 0.3 is 0 Å². The maximum atomic E-state index is 4.22. The smallest absolute Gasteiger partial charge is 0.00187 e. The van der Waals surface area contributed by atoms with Crippen molar-refractivity contribution in [2.45, 2.75) is 46.5 Å². The van der Waals surface area contributed by atoms with Gasteiger partial charge in [-0.05, 0) is 36.2 Å². The first-order valence-electron chi connectivity index (χ1n) is 6.47. The third kappa shape index (κ3) is 1.79. The molecule has 0 heteroatoms. The Kier molecular flexibility index (Phi) is 2.79. The first-order valence-corrected chi connectivity index (χ1v) is 6.47. The van der Waals surface area contributed by atoms with Gasteiger partial charge in [-0.15, -0.1) is 0 Å². The Morgan fingerprint density at radius 2 is 2.20 bits per heavy atom. The van der Waals surface area contributed by atoms with Gasteiger partial charge in [0.05, 0.1) is 0 Å². The zero-order chi connectivity index (χ0) is 11.1. The summed E-state index contributed by atoms with van der Waals surface area (Å²) in [7, 11) is 0. The highest BCUT2D eigenvalue weighted by Gasteiger charge is 2.56. The molecule has 0 aromatic rings. The minimum atomic E-state index is 0.515. The van der Waals surface area contributed by atoms with Crippen molar-refractivity contribution < 1.29 is 0 Å². The monoisotopic (exact) mass is 204 g/mol. The van der Waals surface area contributed by atoms with E-state index in [0.717, 1.165) is 17.8 Å². The number of allylic oxidation sites excluding steroid dienone is 3. The van der Waals surface area contributed by atoms with Crippen LogP contribution in [-0.4, -0.2) is 0 Å². The van der Waals surface area contributed by atoms with E-state index in [-0.39, 0.29) is 0 Å². The van der Waals surface area contributed by atoms with Gasteiger partial charge in [0.25, 0.3) is 0 Å². The van der Waals surface area contributed by atoms with E-state index >= 15 is 0 Å². The number of fused-ring (bicyclic) bond motifs is 1.